The van der Waals surface area contributed by atoms with Crippen LogP contribution in [0.4, 0.5) is 52.7 Å². The molecule has 0 saturated carbocycles. The van der Waals surface area contributed by atoms with Crippen molar-refractivity contribution in [3.8, 4) is 0 Å². The second-order valence-electron chi connectivity index (χ2n) is 18.3. The Morgan fingerprint density at radius 2 is 1.16 bits per heavy atom. The molecule has 4 aliphatic rings. The third-order valence-electron chi connectivity index (χ3n) is 13.9. The van der Waals surface area contributed by atoms with Crippen LogP contribution in [0, 0.1) is 6.92 Å². The van der Waals surface area contributed by atoms with Crippen LogP contribution in [0.1, 0.15) is 172 Å². The molecule has 3 unspecified atom stereocenters. The predicted molar refractivity (Wildman–Crippen MR) is 236 cm³/mol. The maximum absolute atomic E-state index is 14.9. The Kier molecular flexibility index (Phi) is 12.6. The van der Waals surface area contributed by atoms with E-state index in [1.54, 1.807) is 32.9 Å². The maximum atomic E-state index is 14.9. The molecule has 2 aromatic heterocycles. The fourth-order valence-electron chi connectivity index (χ4n) is 10.2. The highest BCUT2D eigenvalue weighted by Gasteiger charge is 2.43. The number of aromatic nitrogens is 4. The number of halogens is 12. The summed E-state index contributed by atoms with van der Waals surface area (Å²) in [4.78, 5) is 46.9. The average molecular weight is 991 g/mol. The summed E-state index contributed by atoms with van der Waals surface area (Å²) in [7, 11) is 0. The molecule has 70 heavy (non-hydrogen) atoms. The quantitative estimate of drug-likeness (QED) is 0.120. The van der Waals surface area contributed by atoms with Crippen molar-refractivity contribution in [2.75, 3.05) is 0 Å². The van der Waals surface area contributed by atoms with Crippen LogP contribution in [-0.2, 0) is 37.8 Å². The molecule has 372 valence electrons. The topological polar surface area (TPSA) is 107 Å². The number of fused-ring (bicyclic) bond motifs is 8. The largest absolute Gasteiger partial charge is 0.416 e. The van der Waals surface area contributed by atoms with Crippen molar-refractivity contribution in [3.63, 3.8) is 0 Å². The number of rotatable bonds is 8. The number of hydrogen-bond acceptors (Lipinski definition) is 5. The number of H-pyrrole nitrogens is 2. The van der Waals surface area contributed by atoms with E-state index in [0.717, 1.165) is 0 Å². The van der Waals surface area contributed by atoms with E-state index in [4.69, 9.17) is 9.97 Å². The van der Waals surface area contributed by atoms with E-state index in [9.17, 15) is 62.3 Å². The van der Waals surface area contributed by atoms with Crippen molar-refractivity contribution in [2.24, 2.45) is 0 Å². The number of hydrogen-bond donors (Lipinski definition) is 3. The van der Waals surface area contributed by atoms with Crippen LogP contribution < -0.4 is 5.32 Å². The zero-order valence-electron chi connectivity index (χ0n) is 38.6. The summed E-state index contributed by atoms with van der Waals surface area (Å²) in [5.41, 5.74) is -2.08. The standard InChI is InChI=1S/C50H46F12N6O2/c1-8-32-21(3)34-18-39-40(25(7)63-19-26-10-28(47(51,52)53)14-29(11-26)48(54,55)56)23(5)36(65-39)16-35-22(4)33(9-2)43(66-35)42-44-41(24(6)37(67-44)17-38(32)64-34)45(69)68(46(42)70)20-27-12-30(49(57,58)59)15-31(13-27)50(60,61)62/h10-18,21-22,25,32-33,63-64,67H,8-9,19-20H2,1-7H3/t21?,22-,25?,32?,33-/m0/s1. The molecule has 2 aromatic carbocycles. The minimum Gasteiger partial charge on any atom is -0.362 e. The van der Waals surface area contributed by atoms with Gasteiger partial charge in [-0.2, -0.15) is 52.7 Å². The van der Waals surface area contributed by atoms with Crippen molar-refractivity contribution in [1.82, 2.24) is 30.2 Å². The summed E-state index contributed by atoms with van der Waals surface area (Å²) in [5.74, 6) is -3.20. The van der Waals surface area contributed by atoms with Gasteiger partial charge < -0.3 is 15.3 Å². The number of allylic oxidation sites excluding steroid dienone is 1. The highest BCUT2D eigenvalue weighted by Crippen LogP contribution is 2.46. The number of nitrogens with one attached hydrogen (secondary N) is 3. The lowest BCUT2D eigenvalue weighted by Crippen LogP contribution is -2.40. The lowest BCUT2D eigenvalue weighted by molar-refractivity contribution is -0.144. The molecule has 0 saturated heterocycles. The van der Waals surface area contributed by atoms with Gasteiger partial charge in [-0.3, -0.25) is 19.5 Å². The van der Waals surface area contributed by atoms with Gasteiger partial charge >= 0.3 is 24.7 Å². The number of carbonyl (C=O) groups excluding carboxylic acids is 2. The van der Waals surface area contributed by atoms with E-state index in [-0.39, 0.29) is 58.4 Å². The lowest BCUT2D eigenvalue weighted by atomic mass is 9.86. The predicted octanol–water partition coefficient (Wildman–Crippen LogP) is 13.9. The fraction of sp³-hybridized carbons (Fsp3) is 0.400. The minimum absolute atomic E-state index is 0.00469. The van der Waals surface area contributed by atoms with Gasteiger partial charge in [0.2, 0.25) is 0 Å². The molecule has 4 aliphatic heterocycles. The molecule has 5 atom stereocenters. The van der Waals surface area contributed by atoms with Crippen LogP contribution >= 0.6 is 0 Å². The van der Waals surface area contributed by atoms with Gasteiger partial charge in [-0.1, -0.05) is 27.7 Å². The molecule has 0 radical (unpaired) electrons. The molecule has 8 bridgehead atoms. The highest BCUT2D eigenvalue weighted by molar-refractivity contribution is 6.23. The van der Waals surface area contributed by atoms with Gasteiger partial charge in [-0.05, 0) is 116 Å². The van der Waals surface area contributed by atoms with Crippen LogP contribution in [0.3, 0.4) is 0 Å². The van der Waals surface area contributed by atoms with E-state index >= 15 is 0 Å². The molecule has 20 heteroatoms. The third kappa shape index (κ3) is 9.07. The smallest absolute Gasteiger partial charge is 0.362 e. The molecule has 0 spiro atoms. The van der Waals surface area contributed by atoms with Crippen LogP contribution in [0.2, 0.25) is 0 Å². The Morgan fingerprint density at radius 3 is 1.69 bits per heavy atom. The Labute approximate surface area is 393 Å². The van der Waals surface area contributed by atoms with Gasteiger partial charge in [-0.15, -0.1) is 0 Å². The van der Waals surface area contributed by atoms with Gasteiger partial charge in [0, 0.05) is 58.9 Å². The van der Waals surface area contributed by atoms with E-state index in [0.29, 0.717) is 92.7 Å². The van der Waals surface area contributed by atoms with Crippen LogP contribution in [0.15, 0.2) is 54.6 Å². The lowest BCUT2D eigenvalue weighted by Gasteiger charge is -2.27. The van der Waals surface area contributed by atoms with Crippen molar-refractivity contribution in [3.05, 3.63) is 139 Å². The molecule has 0 aliphatic carbocycles. The summed E-state index contributed by atoms with van der Waals surface area (Å²) < 4.78 is 167. The number of aromatic amines is 2. The number of nitrogens with zero attached hydrogens (tertiary/aromatic N) is 3. The average Bonchev–Trinajstić information content (AvgIpc) is 3.95. The molecule has 3 N–H and O–H groups in total. The van der Waals surface area contributed by atoms with Crippen molar-refractivity contribution < 1.29 is 62.3 Å². The van der Waals surface area contributed by atoms with Gasteiger partial charge in [0.1, 0.15) is 0 Å². The zero-order valence-corrected chi connectivity index (χ0v) is 38.6. The molecule has 6 heterocycles. The summed E-state index contributed by atoms with van der Waals surface area (Å²) in [5, 5.41) is 3.11. The normalized spacial score (nSPS) is 19.8. The van der Waals surface area contributed by atoms with Crippen LogP contribution in [0.25, 0.3) is 22.2 Å². The first-order valence-electron chi connectivity index (χ1n) is 22.5. The van der Waals surface area contributed by atoms with E-state index < -0.39 is 88.8 Å². The Morgan fingerprint density at radius 1 is 0.629 bits per heavy atom. The number of carbonyl (C=O) groups is 2. The number of amides is 2. The summed E-state index contributed by atoms with van der Waals surface area (Å²) in [6.45, 7) is 11.4. The van der Waals surface area contributed by atoms with Crippen molar-refractivity contribution >= 4 is 34.0 Å². The number of aryl methyl sites for hydroxylation is 1. The van der Waals surface area contributed by atoms with E-state index in [1.807, 2.05) is 33.8 Å². The zero-order chi connectivity index (χ0) is 51.3. The number of imide groups is 1. The second-order valence-corrected chi connectivity index (χ2v) is 18.3. The second kappa shape index (κ2) is 17.6. The van der Waals surface area contributed by atoms with E-state index in [1.165, 1.54) is 0 Å². The third-order valence-corrected chi connectivity index (χ3v) is 13.9. The first-order valence-corrected chi connectivity index (χ1v) is 22.5. The number of benzene rings is 2. The Bertz CT molecular complexity index is 2980. The molecular weight excluding hydrogens is 945 g/mol. The molecular formula is C50H46F12N6O2. The molecule has 8 rings (SSSR count). The van der Waals surface area contributed by atoms with Gasteiger partial charge in [0.25, 0.3) is 11.8 Å². The Hall–Kier alpha value is -6.18. The first kappa shape index (κ1) is 50.2. The molecule has 8 nitrogen and oxygen atoms in total. The van der Waals surface area contributed by atoms with Gasteiger partial charge in [0.05, 0.1) is 62.5 Å². The van der Waals surface area contributed by atoms with Gasteiger partial charge in [0.15, 0.2) is 0 Å². The molecule has 4 aromatic rings. The van der Waals surface area contributed by atoms with Crippen molar-refractivity contribution in [1.29, 1.82) is 0 Å². The maximum Gasteiger partial charge on any atom is 0.416 e. The number of alkyl halides is 12. The monoisotopic (exact) mass is 990 g/mol. The fourth-order valence-corrected chi connectivity index (χ4v) is 10.2. The summed E-state index contributed by atoms with van der Waals surface area (Å²) in [6.07, 6.45) is -19.5. The van der Waals surface area contributed by atoms with E-state index in [2.05, 4.69) is 15.3 Å². The molecule has 2 amide bonds. The highest BCUT2D eigenvalue weighted by atomic mass is 19.4. The summed E-state index contributed by atoms with van der Waals surface area (Å²) in [6, 6.07) is 6.93. The van der Waals surface area contributed by atoms with Crippen molar-refractivity contribution in [2.45, 2.75) is 129 Å². The van der Waals surface area contributed by atoms with Crippen LogP contribution in [0.5, 0.6) is 0 Å². The van der Waals surface area contributed by atoms with Gasteiger partial charge in [-0.25, -0.2) is 4.98 Å². The SMILES string of the molecule is CCC1c2cc3[nH]c4c(c5nc(cc6nc(cc([nH]2)C1C)C(C(C)NCc1cc(C(F)(F)F)cc(C(F)(F)F)c1)=C6C)[C@@H](C)[C@@H]5CC)C(=O)N(Cc1cc(C(F)(F)F)cc(C(F)(F)F)c1)C(=O)c4c3C. The first-order chi connectivity index (χ1) is 32.5. The summed E-state index contributed by atoms with van der Waals surface area (Å²) >= 11 is 0. The molecule has 0 fully saturated rings. The minimum atomic E-state index is -5.19. The Balaban J connectivity index is 1.33. The van der Waals surface area contributed by atoms with Crippen LogP contribution in [-0.4, -0.2) is 42.7 Å².